The number of hydrogen-bond acceptors (Lipinski definition) is 4. The summed E-state index contributed by atoms with van der Waals surface area (Å²) in [5.41, 5.74) is 1.30. The Hall–Kier alpha value is -2.58. The fraction of sp³-hybridized carbons (Fsp3) is 0.136. The SMILES string of the molecule is C[C@@H](NS(=O)(=O)c1ccc(OCC(=O)Nc2ccccc2Cl)c(Cl)c1)c1ccccc1. The summed E-state index contributed by atoms with van der Waals surface area (Å²) in [6, 6.07) is 19.7. The summed E-state index contributed by atoms with van der Waals surface area (Å²) in [4.78, 5) is 12.1. The van der Waals surface area contributed by atoms with Crippen LogP contribution in [0.3, 0.4) is 0 Å². The van der Waals surface area contributed by atoms with Crippen LogP contribution in [0.4, 0.5) is 5.69 Å². The van der Waals surface area contributed by atoms with E-state index >= 15 is 0 Å². The minimum absolute atomic E-state index is 0.00634. The van der Waals surface area contributed by atoms with Gasteiger partial charge in [-0.2, -0.15) is 0 Å². The quantitative estimate of drug-likeness (QED) is 0.474. The Balaban J connectivity index is 1.64. The Morgan fingerprint density at radius 3 is 2.32 bits per heavy atom. The highest BCUT2D eigenvalue weighted by Crippen LogP contribution is 2.28. The van der Waals surface area contributed by atoms with Crippen LogP contribution in [-0.4, -0.2) is 20.9 Å². The number of anilines is 1. The molecule has 0 aliphatic heterocycles. The topological polar surface area (TPSA) is 84.5 Å². The maximum Gasteiger partial charge on any atom is 0.262 e. The summed E-state index contributed by atoms with van der Waals surface area (Å²) in [5.74, 6) is -0.245. The van der Waals surface area contributed by atoms with E-state index in [-0.39, 0.29) is 22.3 Å². The third-order valence-corrected chi connectivity index (χ3v) is 6.52. The van der Waals surface area contributed by atoms with Crippen LogP contribution in [0.1, 0.15) is 18.5 Å². The number of ether oxygens (including phenoxy) is 1. The fourth-order valence-corrected chi connectivity index (χ4v) is 4.51. The van der Waals surface area contributed by atoms with E-state index < -0.39 is 22.0 Å². The standard InChI is InChI=1S/C22H20Cl2N2O4S/c1-15(16-7-3-2-4-8-16)26-31(28,29)17-11-12-21(19(24)13-17)30-14-22(27)25-20-10-6-5-9-18(20)23/h2-13,15,26H,14H2,1H3,(H,25,27)/t15-/m1/s1. The first-order chi connectivity index (χ1) is 14.8. The van der Waals surface area contributed by atoms with E-state index in [0.29, 0.717) is 10.7 Å². The van der Waals surface area contributed by atoms with Gasteiger partial charge in [-0.05, 0) is 42.8 Å². The van der Waals surface area contributed by atoms with Crippen molar-refractivity contribution in [2.45, 2.75) is 17.9 Å². The van der Waals surface area contributed by atoms with Crippen LogP contribution in [0.2, 0.25) is 10.0 Å². The number of para-hydroxylation sites is 1. The van der Waals surface area contributed by atoms with Crippen LogP contribution < -0.4 is 14.8 Å². The van der Waals surface area contributed by atoms with Gasteiger partial charge in [-0.1, -0.05) is 65.7 Å². The molecule has 1 amide bonds. The number of carbonyl (C=O) groups is 1. The van der Waals surface area contributed by atoms with Gasteiger partial charge in [-0.3, -0.25) is 4.79 Å². The summed E-state index contributed by atoms with van der Waals surface area (Å²) in [7, 11) is -3.81. The molecule has 0 aliphatic rings. The summed E-state index contributed by atoms with van der Waals surface area (Å²) < 4.78 is 33.4. The van der Waals surface area contributed by atoms with Crippen molar-refractivity contribution in [1.29, 1.82) is 0 Å². The molecule has 0 spiro atoms. The number of benzene rings is 3. The van der Waals surface area contributed by atoms with Crippen molar-refractivity contribution in [2.24, 2.45) is 0 Å². The van der Waals surface area contributed by atoms with Crippen molar-refractivity contribution < 1.29 is 17.9 Å². The van der Waals surface area contributed by atoms with Crippen LogP contribution in [0, 0.1) is 0 Å². The highest BCUT2D eigenvalue weighted by molar-refractivity contribution is 7.89. The first-order valence-electron chi connectivity index (χ1n) is 9.30. The van der Waals surface area contributed by atoms with Crippen LogP contribution in [0.15, 0.2) is 77.7 Å². The van der Waals surface area contributed by atoms with Crippen molar-refractivity contribution >= 4 is 44.8 Å². The lowest BCUT2D eigenvalue weighted by Crippen LogP contribution is -2.27. The van der Waals surface area contributed by atoms with E-state index in [1.807, 2.05) is 30.3 Å². The number of carbonyl (C=O) groups excluding carboxylic acids is 1. The zero-order valence-electron chi connectivity index (χ0n) is 16.5. The molecule has 0 radical (unpaired) electrons. The first-order valence-corrected chi connectivity index (χ1v) is 11.5. The molecule has 3 rings (SSSR count). The average Bonchev–Trinajstić information content (AvgIpc) is 2.75. The highest BCUT2D eigenvalue weighted by Gasteiger charge is 2.20. The zero-order valence-corrected chi connectivity index (χ0v) is 18.8. The zero-order chi connectivity index (χ0) is 22.4. The van der Waals surface area contributed by atoms with Crippen LogP contribution in [0.25, 0.3) is 0 Å². The van der Waals surface area contributed by atoms with Gasteiger partial charge >= 0.3 is 0 Å². The van der Waals surface area contributed by atoms with Crippen molar-refractivity contribution in [3.8, 4) is 5.75 Å². The normalized spacial score (nSPS) is 12.2. The second kappa shape index (κ2) is 10.2. The van der Waals surface area contributed by atoms with E-state index in [4.69, 9.17) is 27.9 Å². The third-order valence-electron chi connectivity index (χ3n) is 4.35. The second-order valence-corrected chi connectivity index (χ2v) is 9.19. The van der Waals surface area contributed by atoms with Gasteiger partial charge in [0.2, 0.25) is 10.0 Å². The lowest BCUT2D eigenvalue weighted by atomic mass is 10.1. The lowest BCUT2D eigenvalue weighted by Gasteiger charge is -2.15. The van der Waals surface area contributed by atoms with Crippen molar-refractivity contribution in [3.05, 3.63) is 88.4 Å². The molecular weight excluding hydrogens is 459 g/mol. The molecule has 0 fully saturated rings. The molecule has 0 unspecified atom stereocenters. The number of sulfonamides is 1. The molecule has 6 nitrogen and oxygen atoms in total. The smallest absolute Gasteiger partial charge is 0.262 e. The Morgan fingerprint density at radius 1 is 0.968 bits per heavy atom. The van der Waals surface area contributed by atoms with E-state index in [1.165, 1.54) is 18.2 Å². The van der Waals surface area contributed by atoms with Crippen LogP contribution in [-0.2, 0) is 14.8 Å². The molecule has 0 aromatic heterocycles. The molecule has 0 saturated heterocycles. The van der Waals surface area contributed by atoms with Crippen molar-refractivity contribution in [3.63, 3.8) is 0 Å². The molecule has 0 heterocycles. The van der Waals surface area contributed by atoms with Gasteiger partial charge in [0.05, 0.1) is 20.6 Å². The number of halogens is 2. The van der Waals surface area contributed by atoms with E-state index in [1.54, 1.807) is 31.2 Å². The van der Waals surface area contributed by atoms with Gasteiger partial charge in [0.1, 0.15) is 5.75 Å². The molecule has 0 saturated carbocycles. The highest BCUT2D eigenvalue weighted by atomic mass is 35.5. The summed E-state index contributed by atoms with van der Waals surface area (Å²) in [6.45, 7) is 1.43. The number of hydrogen-bond donors (Lipinski definition) is 2. The van der Waals surface area contributed by atoms with Gasteiger partial charge in [-0.15, -0.1) is 0 Å². The molecule has 2 N–H and O–H groups in total. The maximum absolute atomic E-state index is 12.7. The molecule has 3 aromatic carbocycles. The lowest BCUT2D eigenvalue weighted by molar-refractivity contribution is -0.118. The van der Waals surface area contributed by atoms with Gasteiger partial charge < -0.3 is 10.1 Å². The van der Waals surface area contributed by atoms with Crippen LogP contribution >= 0.6 is 23.2 Å². The Labute approximate surface area is 191 Å². The van der Waals surface area contributed by atoms with Gasteiger partial charge in [-0.25, -0.2) is 13.1 Å². The molecule has 0 bridgehead atoms. The number of nitrogens with one attached hydrogen (secondary N) is 2. The van der Waals surface area contributed by atoms with E-state index in [0.717, 1.165) is 5.56 Å². The molecule has 9 heteroatoms. The molecule has 162 valence electrons. The predicted octanol–water partition coefficient (Wildman–Crippen LogP) is 5.05. The molecule has 31 heavy (non-hydrogen) atoms. The predicted molar refractivity (Wildman–Crippen MR) is 122 cm³/mol. The molecule has 0 aliphatic carbocycles. The van der Waals surface area contributed by atoms with Crippen molar-refractivity contribution in [1.82, 2.24) is 4.72 Å². The summed E-state index contributed by atoms with van der Waals surface area (Å²) >= 11 is 12.2. The van der Waals surface area contributed by atoms with Gasteiger partial charge in [0.15, 0.2) is 6.61 Å². The summed E-state index contributed by atoms with van der Waals surface area (Å²) in [6.07, 6.45) is 0. The fourth-order valence-electron chi connectivity index (χ4n) is 2.77. The number of rotatable bonds is 8. The minimum Gasteiger partial charge on any atom is -0.482 e. The number of amides is 1. The average molecular weight is 479 g/mol. The Morgan fingerprint density at radius 2 is 1.65 bits per heavy atom. The van der Waals surface area contributed by atoms with E-state index in [2.05, 4.69) is 10.0 Å². The van der Waals surface area contributed by atoms with Gasteiger partial charge in [0.25, 0.3) is 5.91 Å². The molecule has 3 aromatic rings. The van der Waals surface area contributed by atoms with Crippen LogP contribution in [0.5, 0.6) is 5.75 Å². The Kier molecular flexibility index (Phi) is 7.56. The minimum atomic E-state index is -3.81. The maximum atomic E-state index is 12.7. The summed E-state index contributed by atoms with van der Waals surface area (Å²) in [5, 5.41) is 3.10. The molecule has 1 atom stereocenters. The largest absolute Gasteiger partial charge is 0.482 e. The second-order valence-electron chi connectivity index (χ2n) is 6.66. The first kappa shape index (κ1) is 23.1. The molecular formula is C22H20Cl2N2O4S. The van der Waals surface area contributed by atoms with E-state index in [9.17, 15) is 13.2 Å². The third kappa shape index (κ3) is 6.21. The van der Waals surface area contributed by atoms with Crippen molar-refractivity contribution in [2.75, 3.05) is 11.9 Å². The Bertz CT molecular complexity index is 1170. The van der Waals surface area contributed by atoms with Gasteiger partial charge in [0, 0.05) is 6.04 Å². The monoisotopic (exact) mass is 478 g/mol.